The Morgan fingerprint density at radius 3 is 2.08 bits per heavy atom. The van der Waals surface area contributed by atoms with Crippen LogP contribution in [0.2, 0.25) is 0 Å². The molecule has 0 amide bonds. The predicted molar refractivity (Wildman–Crippen MR) is 46.5 cm³/mol. The van der Waals surface area contributed by atoms with Crippen molar-refractivity contribution in [3.8, 4) is 0 Å². The number of ether oxygens (including phenoxy) is 1. The molecule has 0 fully saturated rings. The van der Waals surface area contributed by atoms with Gasteiger partial charge in [-0.1, -0.05) is 19.2 Å². The van der Waals surface area contributed by atoms with Crippen molar-refractivity contribution in [2.45, 2.75) is 0 Å². The van der Waals surface area contributed by atoms with Gasteiger partial charge >= 0.3 is 17.3 Å². The summed E-state index contributed by atoms with van der Waals surface area (Å²) in [5.41, 5.74) is 0. The number of esters is 1. The van der Waals surface area contributed by atoms with Gasteiger partial charge < -0.3 is 4.74 Å². The number of rotatable bonds is 3. The molecule has 0 aliphatic carbocycles. The van der Waals surface area contributed by atoms with Gasteiger partial charge in [0.05, 0.1) is 0 Å². The molecule has 0 heterocycles. The maximum atomic E-state index is 10.2. The maximum absolute atomic E-state index is 10.2. The van der Waals surface area contributed by atoms with Crippen LogP contribution in [-0.4, -0.2) is 12.6 Å². The average Bonchev–Trinajstić information content (AvgIpc) is 2.20. The van der Waals surface area contributed by atoms with E-state index in [-0.39, 0.29) is 6.61 Å². The van der Waals surface area contributed by atoms with Crippen LogP contribution in [0.25, 0.3) is 0 Å². The van der Waals surface area contributed by atoms with Crippen molar-refractivity contribution in [1.29, 1.82) is 0 Å². The second kappa shape index (κ2) is 22.7. The van der Waals surface area contributed by atoms with Gasteiger partial charge in [-0.15, -0.1) is 13.2 Å². The zero-order chi connectivity index (χ0) is 10.4. The SMILES string of the molecule is C=C.C=CCOC(=O)C=C.[C-]#[O+]. The Morgan fingerprint density at radius 2 is 1.83 bits per heavy atom. The quantitative estimate of drug-likeness (QED) is 0.211. The van der Waals surface area contributed by atoms with E-state index in [0.29, 0.717) is 0 Å². The molecule has 66 valence electrons. The van der Waals surface area contributed by atoms with E-state index < -0.39 is 5.97 Å². The fraction of sp³-hybridized carbons (Fsp3) is 0.111. The minimum atomic E-state index is -0.412. The second-order valence-corrected chi connectivity index (χ2v) is 1.12. The zero-order valence-corrected chi connectivity index (χ0v) is 6.91. The molecule has 0 atom stereocenters. The van der Waals surface area contributed by atoms with Gasteiger partial charge in [0.1, 0.15) is 6.61 Å². The molecule has 0 aliphatic rings. The molecule has 3 nitrogen and oxygen atoms in total. The summed E-state index contributed by atoms with van der Waals surface area (Å²) in [7, 11) is 0. The van der Waals surface area contributed by atoms with Gasteiger partial charge in [-0.2, -0.15) is 0 Å². The Kier molecular flexibility index (Phi) is 31.8. The van der Waals surface area contributed by atoms with Crippen LogP contribution in [0.15, 0.2) is 38.5 Å². The second-order valence-electron chi connectivity index (χ2n) is 1.12. The molecular formula is C9H12O3. The van der Waals surface area contributed by atoms with Gasteiger partial charge in [0.15, 0.2) is 0 Å². The summed E-state index contributed by atoms with van der Waals surface area (Å²) >= 11 is 0. The average molecular weight is 168 g/mol. The van der Waals surface area contributed by atoms with Crippen LogP contribution < -0.4 is 0 Å². The zero-order valence-electron chi connectivity index (χ0n) is 6.91. The first-order valence-corrected chi connectivity index (χ1v) is 2.91. The van der Waals surface area contributed by atoms with E-state index in [1.165, 1.54) is 6.08 Å². The third-order valence-electron chi connectivity index (χ3n) is 0.510. The Morgan fingerprint density at radius 1 is 1.42 bits per heavy atom. The molecule has 0 aromatic heterocycles. The third-order valence-corrected chi connectivity index (χ3v) is 0.510. The van der Waals surface area contributed by atoms with Crippen LogP contribution >= 0.6 is 0 Å². The number of hydrogen-bond donors (Lipinski definition) is 0. The molecule has 0 saturated carbocycles. The molecule has 0 aromatic rings. The van der Waals surface area contributed by atoms with Crippen LogP contribution in [-0.2, 0) is 14.2 Å². The summed E-state index contributed by atoms with van der Waals surface area (Å²) in [6.45, 7) is 17.3. The van der Waals surface area contributed by atoms with Crippen molar-refractivity contribution in [3.05, 3.63) is 45.1 Å². The summed E-state index contributed by atoms with van der Waals surface area (Å²) in [6, 6.07) is 0. The molecule has 3 heteroatoms. The Balaban J connectivity index is -0.000000175. The van der Waals surface area contributed by atoms with Gasteiger partial charge in [-0.3, -0.25) is 0 Å². The van der Waals surface area contributed by atoms with Gasteiger partial charge in [0.25, 0.3) is 0 Å². The van der Waals surface area contributed by atoms with Crippen LogP contribution in [0.4, 0.5) is 0 Å². The van der Waals surface area contributed by atoms with Crippen molar-refractivity contribution < 1.29 is 14.2 Å². The monoisotopic (exact) mass is 168 g/mol. The number of carbonyl (C=O) groups excluding carboxylic acids is 1. The number of carbonyl (C=O) groups is 1. The van der Waals surface area contributed by atoms with E-state index in [2.05, 4.69) is 37.7 Å². The van der Waals surface area contributed by atoms with Gasteiger partial charge in [-0.05, 0) is 0 Å². The molecule has 0 spiro atoms. The topological polar surface area (TPSA) is 46.2 Å². The first-order valence-electron chi connectivity index (χ1n) is 2.91. The first-order chi connectivity index (χ1) is 5.81. The normalized spacial score (nSPS) is 5.50. The molecule has 12 heavy (non-hydrogen) atoms. The van der Waals surface area contributed by atoms with Crippen LogP contribution in [0.5, 0.6) is 0 Å². The van der Waals surface area contributed by atoms with E-state index in [4.69, 9.17) is 4.65 Å². The predicted octanol–water partition coefficient (Wildman–Crippen LogP) is 1.67. The van der Waals surface area contributed by atoms with E-state index in [9.17, 15) is 4.79 Å². The van der Waals surface area contributed by atoms with Crippen LogP contribution in [0.1, 0.15) is 0 Å². The summed E-state index contributed by atoms with van der Waals surface area (Å²) < 4.78 is 12.0. The van der Waals surface area contributed by atoms with E-state index in [0.717, 1.165) is 6.08 Å². The third kappa shape index (κ3) is 23.7. The fourth-order valence-corrected chi connectivity index (χ4v) is 0.200. The van der Waals surface area contributed by atoms with E-state index in [1.54, 1.807) is 0 Å². The van der Waals surface area contributed by atoms with Gasteiger partial charge in [0, 0.05) is 6.08 Å². The van der Waals surface area contributed by atoms with Crippen molar-refractivity contribution in [2.24, 2.45) is 0 Å². The molecule has 0 bridgehead atoms. The molecule has 0 aromatic carbocycles. The van der Waals surface area contributed by atoms with Gasteiger partial charge in [0.2, 0.25) is 0 Å². The molecule has 0 radical (unpaired) electrons. The van der Waals surface area contributed by atoms with E-state index >= 15 is 0 Å². The Hall–Kier alpha value is -1.57. The molecule has 0 aliphatic heterocycles. The van der Waals surface area contributed by atoms with Crippen molar-refractivity contribution in [1.82, 2.24) is 0 Å². The number of hydrogen-bond acceptors (Lipinski definition) is 2. The molecule has 0 rings (SSSR count). The van der Waals surface area contributed by atoms with Crippen molar-refractivity contribution in [2.75, 3.05) is 6.61 Å². The Labute approximate surface area is 72.8 Å². The Bertz CT molecular complexity index is 147. The fourth-order valence-electron chi connectivity index (χ4n) is 0.200. The van der Waals surface area contributed by atoms with Crippen molar-refractivity contribution >= 4 is 5.97 Å². The summed E-state index contributed by atoms with van der Waals surface area (Å²) in [5, 5.41) is 0. The summed E-state index contributed by atoms with van der Waals surface area (Å²) in [5.74, 6) is -0.412. The van der Waals surface area contributed by atoms with Gasteiger partial charge in [-0.25, -0.2) is 4.79 Å². The first kappa shape index (κ1) is 16.8. The van der Waals surface area contributed by atoms with Crippen LogP contribution in [0, 0.1) is 6.65 Å². The molecular weight excluding hydrogens is 156 g/mol. The molecule has 0 saturated heterocycles. The van der Waals surface area contributed by atoms with Crippen LogP contribution in [0.3, 0.4) is 0 Å². The standard InChI is InChI=1S/C6H8O2.C2H4.CO/c1-3-5-8-6(7)4-2;2*1-2/h3-4H,1-2,5H2;1-2H2;. The minimum absolute atomic E-state index is 0.255. The molecule has 0 unspecified atom stereocenters. The summed E-state index contributed by atoms with van der Waals surface area (Å²) in [4.78, 5) is 10.2. The van der Waals surface area contributed by atoms with Crippen molar-refractivity contribution in [3.63, 3.8) is 0 Å². The molecule has 0 N–H and O–H groups in total. The summed E-state index contributed by atoms with van der Waals surface area (Å²) in [6.07, 6.45) is 2.62. The van der Waals surface area contributed by atoms with E-state index in [1.807, 2.05) is 0 Å².